The van der Waals surface area contributed by atoms with Gasteiger partial charge in [-0.3, -0.25) is 14.3 Å². The van der Waals surface area contributed by atoms with Crippen molar-refractivity contribution in [1.82, 2.24) is 19.0 Å². The summed E-state index contributed by atoms with van der Waals surface area (Å²) >= 11 is 0. The van der Waals surface area contributed by atoms with Crippen LogP contribution in [0.15, 0.2) is 35.4 Å². The van der Waals surface area contributed by atoms with Crippen LogP contribution in [0.4, 0.5) is 11.5 Å². The van der Waals surface area contributed by atoms with E-state index in [0.29, 0.717) is 18.8 Å². The summed E-state index contributed by atoms with van der Waals surface area (Å²) in [5.74, 6) is -0.636. The standard InChI is InChI=1S/C23H29N7O4S/c1-16(31)28-10-12-29(13-11-28)35(33,34)19-8-6-18(7-9-19)26-23-20(22(25)32)15-30(27-23)21-5-3-2-4-17(21)14-24/h6-9,15,17,21H,2-5,10-13H2,1H3,(H2,25,32)(H,26,27). The molecule has 1 saturated carbocycles. The smallest absolute Gasteiger partial charge is 0.254 e. The molecule has 2 fully saturated rings. The molecule has 12 heteroatoms. The fraction of sp³-hybridized carbons (Fsp3) is 0.478. The molecule has 35 heavy (non-hydrogen) atoms. The van der Waals surface area contributed by atoms with E-state index in [1.54, 1.807) is 27.9 Å². The number of aromatic nitrogens is 2. The molecule has 2 unspecified atom stereocenters. The maximum atomic E-state index is 13.0. The van der Waals surface area contributed by atoms with Crippen LogP contribution in [0.1, 0.15) is 49.0 Å². The molecule has 11 nitrogen and oxygen atoms in total. The highest BCUT2D eigenvalue weighted by molar-refractivity contribution is 7.89. The van der Waals surface area contributed by atoms with Crippen molar-refractivity contribution in [1.29, 1.82) is 5.26 Å². The van der Waals surface area contributed by atoms with E-state index in [1.807, 2.05) is 0 Å². The van der Waals surface area contributed by atoms with Gasteiger partial charge in [0.25, 0.3) is 5.91 Å². The quantitative estimate of drug-likeness (QED) is 0.614. The first-order chi connectivity index (χ1) is 16.7. The number of nitriles is 1. The third-order valence-electron chi connectivity index (χ3n) is 6.67. The molecule has 1 aliphatic carbocycles. The maximum absolute atomic E-state index is 13.0. The highest BCUT2D eigenvalue weighted by Crippen LogP contribution is 2.34. The van der Waals surface area contributed by atoms with Gasteiger partial charge >= 0.3 is 0 Å². The molecule has 1 saturated heterocycles. The van der Waals surface area contributed by atoms with Crippen molar-refractivity contribution in [3.63, 3.8) is 0 Å². The van der Waals surface area contributed by atoms with Crippen molar-refractivity contribution in [3.8, 4) is 6.07 Å². The first-order valence-corrected chi connectivity index (χ1v) is 13.1. The minimum atomic E-state index is -3.70. The average Bonchev–Trinajstić information content (AvgIpc) is 3.28. The van der Waals surface area contributed by atoms with Crippen LogP contribution in [0, 0.1) is 17.2 Å². The van der Waals surface area contributed by atoms with E-state index in [9.17, 15) is 23.3 Å². The number of nitrogens with zero attached hydrogens (tertiary/aromatic N) is 5. The Balaban J connectivity index is 1.51. The summed E-state index contributed by atoms with van der Waals surface area (Å²) in [6.45, 7) is 2.68. The summed E-state index contributed by atoms with van der Waals surface area (Å²) in [5, 5.41) is 17.1. The maximum Gasteiger partial charge on any atom is 0.254 e. The van der Waals surface area contributed by atoms with Crippen LogP contribution in [0.5, 0.6) is 0 Å². The van der Waals surface area contributed by atoms with Crippen LogP contribution in [0.3, 0.4) is 0 Å². The van der Waals surface area contributed by atoms with E-state index in [0.717, 1.165) is 25.7 Å². The zero-order valence-electron chi connectivity index (χ0n) is 19.6. The van der Waals surface area contributed by atoms with Crippen molar-refractivity contribution < 1.29 is 18.0 Å². The molecule has 2 heterocycles. The van der Waals surface area contributed by atoms with Crippen LogP contribution in [0.2, 0.25) is 0 Å². The van der Waals surface area contributed by atoms with E-state index in [2.05, 4.69) is 16.5 Å². The lowest BCUT2D eigenvalue weighted by Gasteiger charge is -2.33. The Kier molecular flexibility index (Phi) is 7.09. The Morgan fingerprint density at radius 3 is 2.37 bits per heavy atom. The van der Waals surface area contributed by atoms with Gasteiger partial charge in [0, 0.05) is 45.0 Å². The predicted molar refractivity (Wildman–Crippen MR) is 128 cm³/mol. The molecule has 1 aromatic heterocycles. The number of carbonyl (C=O) groups is 2. The third-order valence-corrected chi connectivity index (χ3v) is 8.58. The summed E-state index contributed by atoms with van der Waals surface area (Å²) in [6, 6.07) is 8.39. The number of rotatable bonds is 6. The second kappa shape index (κ2) is 10.1. The number of piperazine rings is 1. The highest BCUT2D eigenvalue weighted by Gasteiger charge is 2.30. The molecule has 186 valence electrons. The number of nitrogens with one attached hydrogen (secondary N) is 1. The van der Waals surface area contributed by atoms with Crippen molar-refractivity contribution in [2.45, 2.75) is 43.5 Å². The van der Waals surface area contributed by atoms with Crippen molar-refractivity contribution in [2.24, 2.45) is 11.7 Å². The molecule has 1 aliphatic heterocycles. The average molecular weight is 500 g/mol. The van der Waals surface area contributed by atoms with Crippen molar-refractivity contribution in [2.75, 3.05) is 31.5 Å². The Hall–Kier alpha value is -3.43. The third kappa shape index (κ3) is 5.16. The van der Waals surface area contributed by atoms with Gasteiger partial charge in [-0.15, -0.1) is 0 Å². The van der Waals surface area contributed by atoms with Crippen LogP contribution in [0.25, 0.3) is 0 Å². The number of anilines is 2. The van der Waals surface area contributed by atoms with Crippen LogP contribution in [-0.2, 0) is 14.8 Å². The van der Waals surface area contributed by atoms with Gasteiger partial charge in [0.2, 0.25) is 15.9 Å². The second-order valence-corrected chi connectivity index (χ2v) is 10.8. The predicted octanol–water partition coefficient (Wildman–Crippen LogP) is 1.83. The Morgan fingerprint density at radius 1 is 1.11 bits per heavy atom. The molecule has 0 bridgehead atoms. The van der Waals surface area contributed by atoms with Gasteiger partial charge in [0.05, 0.1) is 22.9 Å². The Morgan fingerprint density at radius 2 is 1.77 bits per heavy atom. The first kappa shape index (κ1) is 24.7. The molecular formula is C23H29N7O4S. The molecule has 0 radical (unpaired) electrons. The van der Waals surface area contributed by atoms with E-state index in [4.69, 9.17) is 5.73 Å². The monoisotopic (exact) mass is 499 g/mol. The van der Waals surface area contributed by atoms with E-state index >= 15 is 0 Å². The van der Waals surface area contributed by atoms with Gasteiger partial charge in [0.1, 0.15) is 5.56 Å². The Labute approximate surface area is 204 Å². The molecule has 2 aromatic rings. The molecule has 2 aliphatic rings. The van der Waals surface area contributed by atoms with Crippen LogP contribution in [-0.4, -0.2) is 65.4 Å². The number of nitrogens with two attached hydrogens (primary N) is 1. The van der Waals surface area contributed by atoms with E-state index < -0.39 is 15.9 Å². The molecular weight excluding hydrogens is 470 g/mol. The lowest BCUT2D eigenvalue weighted by Crippen LogP contribution is -2.49. The van der Waals surface area contributed by atoms with Gasteiger partial charge in [-0.2, -0.15) is 14.7 Å². The lowest BCUT2D eigenvalue weighted by atomic mass is 9.85. The lowest BCUT2D eigenvalue weighted by molar-refractivity contribution is -0.129. The SMILES string of the molecule is CC(=O)N1CCN(S(=O)(=O)c2ccc(Nc3nn(C4CCCCC4C#N)cc3C(N)=O)cc2)CC1. The number of hydrogen-bond acceptors (Lipinski definition) is 7. The summed E-state index contributed by atoms with van der Waals surface area (Å²) < 4.78 is 29.0. The highest BCUT2D eigenvalue weighted by atomic mass is 32.2. The van der Waals surface area contributed by atoms with Gasteiger partial charge in [0.15, 0.2) is 5.82 Å². The molecule has 2 atom stereocenters. The fourth-order valence-electron chi connectivity index (χ4n) is 4.65. The van der Waals surface area contributed by atoms with Gasteiger partial charge < -0.3 is 16.0 Å². The summed E-state index contributed by atoms with van der Waals surface area (Å²) in [6.07, 6.45) is 5.13. The summed E-state index contributed by atoms with van der Waals surface area (Å²) in [4.78, 5) is 25.3. The number of hydrogen-bond donors (Lipinski definition) is 2. The van der Waals surface area contributed by atoms with Crippen LogP contribution < -0.4 is 11.1 Å². The largest absolute Gasteiger partial charge is 0.365 e. The molecule has 1 aromatic carbocycles. The minimum absolute atomic E-state index is 0.0677. The number of benzene rings is 1. The Bertz CT molecular complexity index is 1240. The first-order valence-electron chi connectivity index (χ1n) is 11.6. The normalized spacial score (nSPS) is 21.3. The van der Waals surface area contributed by atoms with E-state index in [1.165, 1.54) is 23.4 Å². The fourth-order valence-corrected chi connectivity index (χ4v) is 6.07. The van der Waals surface area contributed by atoms with E-state index in [-0.39, 0.29) is 47.2 Å². The molecule has 4 rings (SSSR count). The number of amides is 2. The molecule has 0 spiro atoms. The number of carbonyl (C=O) groups excluding carboxylic acids is 2. The molecule has 3 N–H and O–H groups in total. The van der Waals surface area contributed by atoms with Crippen LogP contribution >= 0.6 is 0 Å². The van der Waals surface area contributed by atoms with Gasteiger partial charge in [-0.1, -0.05) is 12.8 Å². The number of primary amides is 1. The zero-order valence-corrected chi connectivity index (χ0v) is 20.4. The van der Waals surface area contributed by atoms with Crippen molar-refractivity contribution >= 4 is 33.3 Å². The molecule has 2 amide bonds. The van der Waals surface area contributed by atoms with Gasteiger partial charge in [-0.05, 0) is 37.1 Å². The second-order valence-electron chi connectivity index (χ2n) is 8.88. The van der Waals surface area contributed by atoms with Crippen molar-refractivity contribution in [3.05, 3.63) is 36.0 Å². The van der Waals surface area contributed by atoms with Gasteiger partial charge in [-0.25, -0.2) is 8.42 Å². The minimum Gasteiger partial charge on any atom is -0.365 e. The zero-order chi connectivity index (χ0) is 25.2. The summed E-state index contributed by atoms with van der Waals surface area (Å²) in [5.41, 5.74) is 6.31. The number of sulfonamides is 1. The topological polar surface area (TPSA) is 154 Å². The summed E-state index contributed by atoms with van der Waals surface area (Å²) in [7, 11) is -3.70.